The van der Waals surface area contributed by atoms with E-state index in [1.165, 1.54) is 24.8 Å². The molecule has 6 nitrogen and oxygen atoms in total. The minimum absolute atomic E-state index is 0.000680. The maximum atomic E-state index is 11.9. The second-order valence-corrected chi connectivity index (χ2v) is 7.36. The summed E-state index contributed by atoms with van der Waals surface area (Å²) in [7, 11) is 3.51. The van der Waals surface area contributed by atoms with Crippen LogP contribution >= 0.6 is 0 Å². The fourth-order valence-corrected chi connectivity index (χ4v) is 3.46. The van der Waals surface area contributed by atoms with Gasteiger partial charge in [-0.25, -0.2) is 4.99 Å². The molecule has 1 heterocycles. The van der Waals surface area contributed by atoms with Crippen molar-refractivity contribution in [2.75, 3.05) is 27.2 Å². The lowest BCUT2D eigenvalue weighted by molar-refractivity contribution is -0.127. The number of amides is 1. The predicted molar refractivity (Wildman–Crippen MR) is 104 cm³/mol. The third-order valence-corrected chi connectivity index (χ3v) is 5.03. The van der Waals surface area contributed by atoms with Crippen LogP contribution in [0.5, 0.6) is 5.75 Å². The molecule has 1 aliphatic heterocycles. The molecule has 0 radical (unpaired) electrons. The van der Waals surface area contributed by atoms with Gasteiger partial charge in [0.25, 0.3) is 0 Å². The first-order valence-electron chi connectivity index (χ1n) is 9.61. The Morgan fingerprint density at radius 3 is 2.73 bits per heavy atom. The fraction of sp³-hybridized carbons (Fsp3) is 0.600. The van der Waals surface area contributed by atoms with Gasteiger partial charge in [-0.15, -0.1) is 0 Å². The first-order chi connectivity index (χ1) is 12.6. The van der Waals surface area contributed by atoms with E-state index in [9.17, 15) is 4.79 Å². The van der Waals surface area contributed by atoms with Crippen LogP contribution < -0.4 is 15.4 Å². The van der Waals surface area contributed by atoms with Gasteiger partial charge in [-0.1, -0.05) is 37.5 Å². The van der Waals surface area contributed by atoms with Gasteiger partial charge in [0, 0.05) is 26.6 Å². The average molecular weight is 358 g/mol. The molecule has 1 unspecified atom stereocenters. The van der Waals surface area contributed by atoms with Crippen LogP contribution in [0.25, 0.3) is 0 Å². The molecule has 0 spiro atoms. The van der Waals surface area contributed by atoms with Crippen LogP contribution in [-0.4, -0.2) is 56.1 Å². The largest absolute Gasteiger partial charge is 0.488 e. The Hall–Kier alpha value is -2.24. The molecule has 1 saturated carbocycles. The van der Waals surface area contributed by atoms with Gasteiger partial charge in [0.05, 0.1) is 6.54 Å². The summed E-state index contributed by atoms with van der Waals surface area (Å²) in [4.78, 5) is 18.0. The quantitative estimate of drug-likeness (QED) is 0.624. The number of hydrogen-bond acceptors (Lipinski definition) is 3. The normalized spacial score (nSPS) is 20.2. The van der Waals surface area contributed by atoms with Crippen LogP contribution in [0.3, 0.4) is 0 Å². The number of fused-ring (bicyclic) bond motifs is 1. The Labute approximate surface area is 156 Å². The van der Waals surface area contributed by atoms with Crippen molar-refractivity contribution in [3.05, 3.63) is 29.8 Å². The maximum absolute atomic E-state index is 11.9. The summed E-state index contributed by atoms with van der Waals surface area (Å²) in [6.07, 6.45) is 7.13. The second kappa shape index (κ2) is 8.92. The molecule has 1 fully saturated rings. The lowest BCUT2D eigenvalue weighted by atomic mass is 9.96. The van der Waals surface area contributed by atoms with Crippen molar-refractivity contribution in [2.24, 2.45) is 4.99 Å². The molecular formula is C20H30N4O2. The number of guanidine groups is 1. The highest BCUT2D eigenvalue weighted by Crippen LogP contribution is 2.27. The smallest absolute Gasteiger partial charge is 0.243 e. The highest BCUT2D eigenvalue weighted by Gasteiger charge is 2.23. The number of carbonyl (C=O) groups excluding carboxylic acids is 1. The number of carbonyl (C=O) groups is 1. The summed E-state index contributed by atoms with van der Waals surface area (Å²) in [6, 6.07) is 8.61. The van der Waals surface area contributed by atoms with E-state index in [-0.39, 0.29) is 18.6 Å². The van der Waals surface area contributed by atoms with Crippen molar-refractivity contribution >= 4 is 11.9 Å². The minimum Gasteiger partial charge on any atom is -0.488 e. The number of nitrogens with one attached hydrogen (secondary N) is 2. The zero-order valence-corrected chi connectivity index (χ0v) is 15.8. The van der Waals surface area contributed by atoms with Crippen LogP contribution in [0.1, 0.15) is 37.7 Å². The number of likely N-dealkylation sites (N-methyl/N-ethyl adjacent to an activating group) is 1. The molecular weight excluding hydrogens is 328 g/mol. The molecule has 142 valence electrons. The first-order valence-corrected chi connectivity index (χ1v) is 9.61. The number of benzene rings is 1. The molecule has 6 heteroatoms. The van der Waals surface area contributed by atoms with Crippen molar-refractivity contribution in [3.8, 4) is 5.75 Å². The fourth-order valence-electron chi connectivity index (χ4n) is 3.46. The van der Waals surface area contributed by atoms with Crippen LogP contribution in [0, 0.1) is 0 Å². The van der Waals surface area contributed by atoms with E-state index in [2.05, 4.69) is 21.7 Å². The Morgan fingerprint density at radius 1 is 1.23 bits per heavy atom. The van der Waals surface area contributed by atoms with Crippen LogP contribution in [-0.2, 0) is 11.2 Å². The Bertz CT molecular complexity index is 613. The summed E-state index contributed by atoms with van der Waals surface area (Å²) >= 11 is 0. The molecule has 1 atom stereocenters. The summed E-state index contributed by atoms with van der Waals surface area (Å²) in [5.41, 5.74) is 1.25. The van der Waals surface area contributed by atoms with E-state index < -0.39 is 0 Å². The molecule has 1 amide bonds. The highest BCUT2D eigenvalue weighted by molar-refractivity contribution is 5.85. The third kappa shape index (κ3) is 5.13. The lowest BCUT2D eigenvalue weighted by Crippen LogP contribution is -2.47. The van der Waals surface area contributed by atoms with Gasteiger partial charge in [0.2, 0.25) is 5.91 Å². The molecule has 1 aliphatic carbocycles. The number of nitrogens with zero attached hydrogens (tertiary/aromatic N) is 2. The summed E-state index contributed by atoms with van der Waals surface area (Å²) in [5.74, 6) is 1.69. The Morgan fingerprint density at radius 2 is 2.00 bits per heavy atom. The number of ether oxygens (including phenoxy) is 1. The predicted octanol–water partition coefficient (Wildman–Crippen LogP) is 1.95. The molecule has 2 aliphatic rings. The summed E-state index contributed by atoms with van der Waals surface area (Å²) in [6.45, 7) is 0.824. The van der Waals surface area contributed by atoms with E-state index in [4.69, 9.17) is 4.74 Å². The minimum atomic E-state index is -0.000680. The highest BCUT2D eigenvalue weighted by atomic mass is 16.5. The maximum Gasteiger partial charge on any atom is 0.243 e. The Balaban J connectivity index is 1.56. The van der Waals surface area contributed by atoms with Crippen LogP contribution in [0.15, 0.2) is 29.3 Å². The summed E-state index contributed by atoms with van der Waals surface area (Å²) < 4.78 is 5.99. The molecule has 3 rings (SSSR count). The van der Waals surface area contributed by atoms with Crippen molar-refractivity contribution in [1.82, 2.24) is 15.5 Å². The van der Waals surface area contributed by atoms with E-state index in [1.54, 1.807) is 19.0 Å². The second-order valence-electron chi connectivity index (χ2n) is 7.36. The number of aliphatic imine (C=N–C) groups is 1. The molecule has 26 heavy (non-hydrogen) atoms. The van der Waals surface area contributed by atoms with Gasteiger partial charge < -0.3 is 20.3 Å². The van der Waals surface area contributed by atoms with E-state index >= 15 is 0 Å². The number of para-hydroxylation sites is 1. The van der Waals surface area contributed by atoms with Crippen molar-refractivity contribution in [3.63, 3.8) is 0 Å². The van der Waals surface area contributed by atoms with E-state index in [1.807, 2.05) is 18.2 Å². The molecule has 1 aromatic rings. The van der Waals surface area contributed by atoms with Crippen molar-refractivity contribution in [2.45, 2.75) is 50.7 Å². The molecule has 0 aromatic heterocycles. The van der Waals surface area contributed by atoms with Gasteiger partial charge in [0.15, 0.2) is 5.96 Å². The van der Waals surface area contributed by atoms with Gasteiger partial charge in [-0.05, 0) is 24.5 Å². The molecule has 0 saturated heterocycles. The van der Waals surface area contributed by atoms with Gasteiger partial charge in [0.1, 0.15) is 18.4 Å². The Kier molecular flexibility index (Phi) is 6.36. The zero-order chi connectivity index (χ0) is 18.4. The zero-order valence-electron chi connectivity index (χ0n) is 15.8. The third-order valence-electron chi connectivity index (χ3n) is 5.03. The standard InChI is InChI=1S/C20H30N4O2/c1-24(2)19(25)14-22-20(23-16-9-4-3-5-10-16)21-13-17-12-15-8-6-7-11-18(15)26-17/h6-8,11,16-17H,3-5,9-10,12-14H2,1-2H3,(H2,21,22,23). The molecule has 2 N–H and O–H groups in total. The average Bonchev–Trinajstić information content (AvgIpc) is 3.07. The topological polar surface area (TPSA) is 66.0 Å². The van der Waals surface area contributed by atoms with Crippen molar-refractivity contribution in [1.29, 1.82) is 0 Å². The van der Waals surface area contributed by atoms with E-state index in [0.29, 0.717) is 18.5 Å². The number of rotatable bonds is 5. The molecule has 0 bridgehead atoms. The first kappa shape index (κ1) is 18.5. The lowest BCUT2D eigenvalue weighted by Gasteiger charge is -2.25. The number of hydrogen-bond donors (Lipinski definition) is 2. The van der Waals surface area contributed by atoms with Crippen molar-refractivity contribution < 1.29 is 9.53 Å². The van der Waals surface area contributed by atoms with Gasteiger partial charge >= 0.3 is 0 Å². The van der Waals surface area contributed by atoms with Gasteiger partial charge in [-0.2, -0.15) is 0 Å². The monoisotopic (exact) mass is 358 g/mol. The summed E-state index contributed by atoms with van der Waals surface area (Å²) in [5, 5.41) is 6.89. The SMILES string of the molecule is CN(C)C(=O)CN=C(NCC1Cc2ccccc2O1)NC1CCCCC1. The molecule has 1 aromatic carbocycles. The van der Waals surface area contributed by atoms with E-state index in [0.717, 1.165) is 25.0 Å². The van der Waals surface area contributed by atoms with Crippen LogP contribution in [0.2, 0.25) is 0 Å². The van der Waals surface area contributed by atoms with Gasteiger partial charge in [-0.3, -0.25) is 4.79 Å². The van der Waals surface area contributed by atoms with Crippen LogP contribution in [0.4, 0.5) is 0 Å².